The molecular formula is C23H21BrN2O3S2. The van der Waals surface area contributed by atoms with E-state index >= 15 is 0 Å². The maximum Gasteiger partial charge on any atom is 0.341 e. The summed E-state index contributed by atoms with van der Waals surface area (Å²) in [5.74, 6) is -0.633. The third-order valence-corrected chi connectivity index (χ3v) is 6.02. The summed E-state index contributed by atoms with van der Waals surface area (Å²) in [5, 5.41) is 8.22. The van der Waals surface area contributed by atoms with Gasteiger partial charge in [0.2, 0.25) is 5.91 Å². The average Bonchev–Trinajstić information content (AvgIpc) is 3.17. The molecule has 0 unspecified atom stereocenters. The van der Waals surface area contributed by atoms with Crippen LogP contribution in [0.15, 0.2) is 64.5 Å². The van der Waals surface area contributed by atoms with Gasteiger partial charge in [-0.1, -0.05) is 58.4 Å². The van der Waals surface area contributed by atoms with Gasteiger partial charge in [0, 0.05) is 21.8 Å². The predicted molar refractivity (Wildman–Crippen MR) is 133 cm³/mol. The van der Waals surface area contributed by atoms with Crippen molar-refractivity contribution in [1.82, 2.24) is 5.32 Å². The highest BCUT2D eigenvalue weighted by Crippen LogP contribution is 2.36. The number of anilines is 1. The van der Waals surface area contributed by atoms with E-state index in [-0.39, 0.29) is 17.6 Å². The Hall–Kier alpha value is -2.55. The van der Waals surface area contributed by atoms with Crippen LogP contribution in [0.5, 0.6) is 0 Å². The molecule has 1 heterocycles. The first-order chi connectivity index (χ1) is 15.0. The van der Waals surface area contributed by atoms with Crippen LogP contribution in [-0.4, -0.2) is 23.6 Å². The van der Waals surface area contributed by atoms with Gasteiger partial charge in [-0.15, -0.1) is 11.3 Å². The van der Waals surface area contributed by atoms with Crippen molar-refractivity contribution < 1.29 is 14.3 Å². The summed E-state index contributed by atoms with van der Waals surface area (Å²) in [5.41, 5.74) is 3.11. The molecule has 8 heteroatoms. The van der Waals surface area contributed by atoms with Crippen LogP contribution in [0, 0.1) is 0 Å². The monoisotopic (exact) mass is 516 g/mol. The van der Waals surface area contributed by atoms with Gasteiger partial charge in [-0.05, 0) is 48.8 Å². The number of thiophene rings is 1. The van der Waals surface area contributed by atoms with E-state index in [1.807, 2.05) is 60.0 Å². The van der Waals surface area contributed by atoms with Gasteiger partial charge in [0.1, 0.15) is 10.6 Å². The smallest absolute Gasteiger partial charge is 0.341 e. The molecule has 0 bridgehead atoms. The number of rotatable bonds is 7. The highest BCUT2D eigenvalue weighted by molar-refractivity contribution is 9.10. The van der Waals surface area contributed by atoms with Crippen molar-refractivity contribution in [3.8, 4) is 11.1 Å². The molecule has 0 aliphatic rings. The number of carbonyl (C=O) groups is 2. The van der Waals surface area contributed by atoms with Gasteiger partial charge in [0.25, 0.3) is 0 Å². The van der Waals surface area contributed by atoms with Crippen molar-refractivity contribution in [3.63, 3.8) is 0 Å². The molecule has 1 aromatic heterocycles. The van der Waals surface area contributed by atoms with Crippen LogP contribution >= 0.6 is 39.5 Å². The van der Waals surface area contributed by atoms with Crippen LogP contribution in [0.4, 0.5) is 5.00 Å². The zero-order valence-corrected chi connectivity index (χ0v) is 20.0. The van der Waals surface area contributed by atoms with Gasteiger partial charge >= 0.3 is 5.97 Å². The maximum atomic E-state index is 12.7. The first-order valence-electron chi connectivity index (χ1n) is 9.67. The van der Waals surface area contributed by atoms with Gasteiger partial charge in [-0.2, -0.15) is 0 Å². The summed E-state index contributed by atoms with van der Waals surface area (Å²) in [7, 11) is 0. The van der Waals surface area contributed by atoms with E-state index in [2.05, 4.69) is 26.6 Å². The van der Waals surface area contributed by atoms with Gasteiger partial charge in [-0.25, -0.2) is 4.79 Å². The lowest BCUT2D eigenvalue weighted by atomic mass is 10.0. The molecule has 0 radical (unpaired) electrons. The van der Waals surface area contributed by atoms with E-state index in [1.54, 1.807) is 6.92 Å². The minimum atomic E-state index is -0.442. The van der Waals surface area contributed by atoms with E-state index in [9.17, 15) is 9.59 Å². The van der Waals surface area contributed by atoms with Crippen LogP contribution in [0.2, 0.25) is 0 Å². The van der Waals surface area contributed by atoms with Crippen molar-refractivity contribution in [2.75, 3.05) is 11.9 Å². The predicted octanol–water partition coefficient (Wildman–Crippen LogP) is 5.80. The largest absolute Gasteiger partial charge is 0.462 e. The highest BCUT2D eigenvalue weighted by atomic mass is 79.9. The normalized spacial score (nSPS) is 10.4. The zero-order valence-electron chi connectivity index (χ0n) is 16.8. The number of halogens is 1. The summed E-state index contributed by atoms with van der Waals surface area (Å²) < 4.78 is 6.20. The third-order valence-electron chi connectivity index (χ3n) is 4.39. The lowest BCUT2D eigenvalue weighted by Crippen LogP contribution is -2.34. The number of hydrogen-bond donors (Lipinski definition) is 2. The van der Waals surface area contributed by atoms with E-state index < -0.39 is 5.97 Å². The minimum Gasteiger partial charge on any atom is -0.462 e. The Morgan fingerprint density at radius 1 is 1.10 bits per heavy atom. The molecule has 0 aliphatic carbocycles. The number of esters is 1. The second-order valence-corrected chi connectivity index (χ2v) is 8.77. The molecule has 1 amide bonds. The topological polar surface area (TPSA) is 67.4 Å². The molecule has 2 N–H and O–H groups in total. The minimum absolute atomic E-state index is 0.146. The average molecular weight is 517 g/mol. The fourth-order valence-electron chi connectivity index (χ4n) is 2.92. The fraction of sp³-hybridized carbons (Fsp3) is 0.174. The number of nitrogens with one attached hydrogen (secondary N) is 2. The van der Waals surface area contributed by atoms with Crippen molar-refractivity contribution in [2.45, 2.75) is 19.8 Å². The quantitative estimate of drug-likeness (QED) is 0.306. The molecule has 2 aromatic carbocycles. The van der Waals surface area contributed by atoms with Crippen molar-refractivity contribution in [3.05, 3.63) is 75.6 Å². The van der Waals surface area contributed by atoms with Gasteiger partial charge in [0.15, 0.2) is 5.11 Å². The molecule has 0 atom stereocenters. The molecule has 0 fully saturated rings. The lowest BCUT2D eigenvalue weighted by molar-refractivity contribution is -0.119. The lowest BCUT2D eigenvalue weighted by Gasteiger charge is -2.11. The standard InChI is InChI=1S/C23H21BrN2O3S2/c1-2-29-22(28)20-18(16-9-11-17(24)12-10-16)14-31-21(20)26-23(30)25-19(27)13-8-15-6-4-3-5-7-15/h3-7,9-12,14H,2,8,13H2,1H3,(H2,25,26,27,30). The summed E-state index contributed by atoms with van der Waals surface area (Å²) in [6.07, 6.45) is 0.932. The Bertz CT molecular complexity index is 1070. The van der Waals surface area contributed by atoms with E-state index in [1.165, 1.54) is 11.3 Å². The Balaban J connectivity index is 1.71. The summed E-state index contributed by atoms with van der Waals surface area (Å²) in [4.78, 5) is 24.9. The van der Waals surface area contributed by atoms with Gasteiger partial charge < -0.3 is 15.4 Å². The fourth-order valence-corrected chi connectivity index (χ4v) is 4.43. The van der Waals surface area contributed by atoms with Crippen molar-refractivity contribution in [1.29, 1.82) is 0 Å². The van der Waals surface area contributed by atoms with Crippen LogP contribution in [0.25, 0.3) is 11.1 Å². The first kappa shape index (κ1) is 23.1. The molecule has 0 spiro atoms. The second-order valence-electron chi connectivity index (χ2n) is 6.57. The molecule has 0 aliphatic heterocycles. The van der Waals surface area contributed by atoms with Gasteiger partial charge in [-0.3, -0.25) is 4.79 Å². The number of thiocarbonyl (C=S) groups is 1. The SMILES string of the molecule is CCOC(=O)c1c(-c2ccc(Br)cc2)csc1NC(=S)NC(=O)CCc1ccccc1. The van der Waals surface area contributed by atoms with Crippen molar-refractivity contribution in [2.24, 2.45) is 0 Å². The Kier molecular flexibility index (Phi) is 8.34. The molecule has 5 nitrogen and oxygen atoms in total. The molecule has 31 heavy (non-hydrogen) atoms. The summed E-state index contributed by atoms with van der Waals surface area (Å²) >= 11 is 10.1. The number of aryl methyl sites for hydroxylation is 1. The van der Waals surface area contributed by atoms with Gasteiger partial charge in [0.05, 0.1) is 6.61 Å². The van der Waals surface area contributed by atoms with Crippen molar-refractivity contribution >= 4 is 61.5 Å². The van der Waals surface area contributed by atoms with Crippen LogP contribution < -0.4 is 10.6 Å². The molecule has 3 rings (SSSR count). The summed E-state index contributed by atoms with van der Waals surface area (Å²) in [6.45, 7) is 2.02. The highest BCUT2D eigenvalue weighted by Gasteiger charge is 2.22. The molecular weight excluding hydrogens is 496 g/mol. The van der Waals surface area contributed by atoms with E-state index in [4.69, 9.17) is 17.0 Å². The zero-order chi connectivity index (χ0) is 22.2. The van der Waals surface area contributed by atoms with Crippen LogP contribution in [0.3, 0.4) is 0 Å². The van der Waals surface area contributed by atoms with E-state index in [0.29, 0.717) is 23.4 Å². The molecule has 0 saturated carbocycles. The molecule has 0 saturated heterocycles. The molecule has 3 aromatic rings. The van der Waals surface area contributed by atoms with Crippen LogP contribution in [0.1, 0.15) is 29.3 Å². The Morgan fingerprint density at radius 2 is 1.81 bits per heavy atom. The number of benzene rings is 2. The third kappa shape index (κ3) is 6.46. The second kappa shape index (κ2) is 11.2. The summed E-state index contributed by atoms with van der Waals surface area (Å²) in [6, 6.07) is 17.4. The molecule has 160 valence electrons. The number of ether oxygens (including phenoxy) is 1. The Labute approximate surface area is 199 Å². The number of hydrogen-bond acceptors (Lipinski definition) is 5. The van der Waals surface area contributed by atoms with Crippen LogP contribution in [-0.2, 0) is 16.0 Å². The number of amides is 1. The Morgan fingerprint density at radius 3 is 2.48 bits per heavy atom. The maximum absolute atomic E-state index is 12.7. The van der Waals surface area contributed by atoms with E-state index in [0.717, 1.165) is 21.2 Å². The number of carbonyl (C=O) groups excluding carboxylic acids is 2. The first-order valence-corrected chi connectivity index (χ1v) is 11.7.